The van der Waals surface area contributed by atoms with E-state index in [4.69, 9.17) is 18.8 Å². The number of thiol groups is 1. The summed E-state index contributed by atoms with van der Waals surface area (Å²) in [6.45, 7) is 7.70. The minimum Gasteiger partial charge on any atom is -0.394 e. The van der Waals surface area contributed by atoms with Crippen LogP contribution >= 0.6 is 0 Å². The zero-order valence-electron chi connectivity index (χ0n) is 10.2. The Labute approximate surface area is 108 Å². The molecular weight excluding hydrogens is 264 g/mol. The second-order valence-electron chi connectivity index (χ2n) is 2.77. The lowest BCUT2D eigenvalue weighted by Gasteiger charge is -2.21. The van der Waals surface area contributed by atoms with Gasteiger partial charge < -0.3 is 22.9 Å². The van der Waals surface area contributed by atoms with Gasteiger partial charge in [0.05, 0.1) is 52.2 Å². The molecule has 0 aliphatic carbocycles. The van der Waals surface area contributed by atoms with Gasteiger partial charge in [-0.1, -0.05) is 13.2 Å². The molecule has 8 heteroatoms. The minimum absolute atomic E-state index is 0.0237. The Bertz CT molecular complexity index is 255. The molecular formula is C10H20O7S. The van der Waals surface area contributed by atoms with Gasteiger partial charge in [-0.15, -0.1) is 0 Å². The maximum atomic E-state index is 11.7. The second kappa shape index (κ2) is 11.2. The van der Waals surface area contributed by atoms with Crippen molar-refractivity contribution in [3.63, 3.8) is 0 Å². The molecule has 0 amide bonds. The lowest BCUT2D eigenvalue weighted by Crippen LogP contribution is -2.21. The summed E-state index contributed by atoms with van der Waals surface area (Å²) in [5.41, 5.74) is 0. The minimum atomic E-state index is -3.67. The lowest BCUT2D eigenvalue weighted by atomic mass is 10.7. The predicted molar refractivity (Wildman–Crippen MR) is 66.8 cm³/mol. The molecule has 0 radical (unpaired) electrons. The fourth-order valence-corrected chi connectivity index (χ4v) is 1.70. The van der Waals surface area contributed by atoms with Crippen LogP contribution in [-0.4, -0.2) is 49.0 Å². The topological polar surface area (TPSA) is 83.5 Å². The summed E-state index contributed by atoms with van der Waals surface area (Å²) in [6, 6.07) is 0. The summed E-state index contributed by atoms with van der Waals surface area (Å²) in [7, 11) is -3.67. The van der Waals surface area contributed by atoms with Crippen molar-refractivity contribution < 1.29 is 31.3 Å². The van der Waals surface area contributed by atoms with E-state index in [-0.39, 0.29) is 26.4 Å². The molecule has 0 aromatic carbocycles. The van der Waals surface area contributed by atoms with E-state index < -0.39 is 10.8 Å². The van der Waals surface area contributed by atoms with Crippen LogP contribution in [0.2, 0.25) is 0 Å². The van der Waals surface area contributed by atoms with E-state index in [0.29, 0.717) is 13.2 Å². The molecule has 0 saturated carbocycles. The van der Waals surface area contributed by atoms with Crippen LogP contribution < -0.4 is 0 Å². The Morgan fingerprint density at radius 3 is 1.94 bits per heavy atom. The maximum absolute atomic E-state index is 11.7. The van der Waals surface area contributed by atoms with Crippen LogP contribution in [0.25, 0.3) is 0 Å². The summed E-state index contributed by atoms with van der Waals surface area (Å²) in [5.74, 6) is 0. The van der Waals surface area contributed by atoms with E-state index in [1.54, 1.807) is 0 Å². The van der Waals surface area contributed by atoms with Gasteiger partial charge >= 0.3 is 0 Å². The lowest BCUT2D eigenvalue weighted by molar-refractivity contribution is 0.0229. The van der Waals surface area contributed by atoms with Crippen LogP contribution in [-0.2, 0) is 32.8 Å². The molecule has 0 aromatic rings. The largest absolute Gasteiger partial charge is 0.394 e. The smallest absolute Gasteiger partial charge is 0.259 e. The number of hydrogen-bond acceptors (Lipinski definition) is 7. The highest BCUT2D eigenvalue weighted by Crippen LogP contribution is 2.11. The fourth-order valence-electron chi connectivity index (χ4n) is 0.863. The Morgan fingerprint density at radius 2 is 1.44 bits per heavy atom. The third-order valence-electron chi connectivity index (χ3n) is 1.49. The molecule has 18 heavy (non-hydrogen) atoms. The Hall–Kier alpha value is -0.930. The first-order valence-corrected chi connectivity index (χ1v) is 6.74. The van der Waals surface area contributed by atoms with Crippen LogP contribution in [0.1, 0.15) is 0 Å². The summed E-state index contributed by atoms with van der Waals surface area (Å²) in [4.78, 5) is 0. The number of ether oxygens (including phenoxy) is 2. The average molecular weight is 284 g/mol. The van der Waals surface area contributed by atoms with Crippen molar-refractivity contribution in [2.75, 3.05) is 39.6 Å². The van der Waals surface area contributed by atoms with Crippen molar-refractivity contribution in [2.24, 2.45) is 0 Å². The van der Waals surface area contributed by atoms with Gasteiger partial charge in [0.15, 0.2) is 0 Å². The highest BCUT2D eigenvalue weighted by atomic mass is 32.3. The number of hydrogen-bond donors (Lipinski definition) is 2. The monoisotopic (exact) mass is 284 g/mol. The predicted octanol–water partition coefficient (Wildman–Crippen LogP) is 0.110. The van der Waals surface area contributed by atoms with Crippen LogP contribution in [0, 0.1) is 0 Å². The molecule has 1 N–H and O–H groups in total. The van der Waals surface area contributed by atoms with Gasteiger partial charge in [-0.05, 0) is 0 Å². The van der Waals surface area contributed by atoms with Crippen molar-refractivity contribution in [2.45, 2.75) is 0 Å². The highest BCUT2D eigenvalue weighted by molar-refractivity contribution is 7.89. The van der Waals surface area contributed by atoms with E-state index in [2.05, 4.69) is 21.5 Å². The summed E-state index contributed by atoms with van der Waals surface area (Å²) >= 11 is 0. The molecule has 0 rings (SSSR count). The third kappa shape index (κ3) is 9.14. The first-order valence-electron chi connectivity index (χ1n) is 5.28. The van der Waals surface area contributed by atoms with Crippen molar-refractivity contribution >= 4 is 10.8 Å². The Morgan fingerprint density at radius 1 is 0.944 bits per heavy atom. The SMILES string of the molecule is C=CO[SH](=O)(OC=C)OCCOCCOCCO. The molecule has 0 aromatic heterocycles. The van der Waals surface area contributed by atoms with Gasteiger partial charge in [-0.3, -0.25) is 4.18 Å². The fraction of sp³-hybridized carbons (Fsp3) is 0.600. The second-order valence-corrected chi connectivity index (χ2v) is 4.35. The number of aliphatic hydroxyl groups excluding tert-OH is 1. The summed E-state index contributed by atoms with van der Waals surface area (Å²) in [6.07, 6.45) is 1.93. The molecule has 0 aliphatic heterocycles. The van der Waals surface area contributed by atoms with Gasteiger partial charge in [-0.25, -0.2) is 0 Å². The summed E-state index contributed by atoms with van der Waals surface area (Å²) < 4.78 is 35.9. The van der Waals surface area contributed by atoms with Crippen LogP contribution in [0.15, 0.2) is 25.7 Å². The molecule has 0 spiro atoms. The zero-order chi connectivity index (χ0) is 13.7. The third-order valence-corrected chi connectivity index (χ3v) is 2.81. The molecule has 0 fully saturated rings. The van der Waals surface area contributed by atoms with Crippen LogP contribution in [0.3, 0.4) is 0 Å². The summed E-state index contributed by atoms with van der Waals surface area (Å²) in [5, 5.41) is 8.44. The molecule has 7 nitrogen and oxygen atoms in total. The molecule has 108 valence electrons. The van der Waals surface area contributed by atoms with Crippen molar-refractivity contribution in [1.82, 2.24) is 0 Å². The van der Waals surface area contributed by atoms with Crippen LogP contribution in [0.4, 0.5) is 0 Å². The average Bonchev–Trinajstić information content (AvgIpc) is 2.33. The van der Waals surface area contributed by atoms with E-state index in [0.717, 1.165) is 12.5 Å². The Balaban J connectivity index is 3.58. The zero-order valence-corrected chi connectivity index (χ0v) is 11.0. The van der Waals surface area contributed by atoms with E-state index >= 15 is 0 Å². The van der Waals surface area contributed by atoms with Crippen molar-refractivity contribution in [3.8, 4) is 0 Å². The molecule has 0 aliphatic rings. The standard InChI is InChI=1S/C10H20O7S/c1-3-15-18(12,16-4-2)17-10-9-14-8-7-13-6-5-11/h3-4,11,18H,1-2,5-10H2. The van der Waals surface area contributed by atoms with Gasteiger partial charge in [-0.2, -0.15) is 4.21 Å². The van der Waals surface area contributed by atoms with Gasteiger partial charge in [0.25, 0.3) is 10.8 Å². The van der Waals surface area contributed by atoms with E-state index in [9.17, 15) is 4.21 Å². The maximum Gasteiger partial charge on any atom is 0.259 e. The number of aliphatic hydroxyl groups is 1. The van der Waals surface area contributed by atoms with Crippen molar-refractivity contribution in [1.29, 1.82) is 0 Å². The van der Waals surface area contributed by atoms with E-state index in [1.165, 1.54) is 0 Å². The van der Waals surface area contributed by atoms with Gasteiger partial charge in [0.2, 0.25) is 0 Å². The molecule has 0 bridgehead atoms. The Kier molecular flexibility index (Phi) is 10.6. The van der Waals surface area contributed by atoms with Crippen LogP contribution in [0.5, 0.6) is 0 Å². The molecule has 0 saturated heterocycles. The normalized spacial score (nSPS) is 11.8. The quantitative estimate of drug-likeness (QED) is 0.282. The first kappa shape index (κ1) is 17.1. The number of rotatable bonds is 13. The van der Waals surface area contributed by atoms with Gasteiger partial charge in [0, 0.05) is 0 Å². The highest BCUT2D eigenvalue weighted by Gasteiger charge is 2.12. The van der Waals surface area contributed by atoms with E-state index in [1.807, 2.05) is 0 Å². The molecule has 0 atom stereocenters. The first-order chi connectivity index (χ1) is 8.68. The molecule has 0 unspecified atom stereocenters. The molecule has 0 heterocycles. The van der Waals surface area contributed by atoms with Gasteiger partial charge in [0.1, 0.15) is 0 Å². The van der Waals surface area contributed by atoms with Crippen molar-refractivity contribution in [3.05, 3.63) is 25.7 Å².